The number of tetrazole rings is 1. The molecule has 0 atom stereocenters. The van der Waals surface area contributed by atoms with Crippen molar-refractivity contribution in [1.29, 1.82) is 0 Å². The molecule has 1 N–H and O–H groups in total. The van der Waals surface area contributed by atoms with Gasteiger partial charge in [0.05, 0.1) is 11.6 Å². The van der Waals surface area contributed by atoms with Crippen molar-refractivity contribution in [3.8, 4) is 0 Å². The molecule has 0 amide bonds. The quantitative estimate of drug-likeness (QED) is 0.833. The molecule has 1 heterocycles. The van der Waals surface area contributed by atoms with Gasteiger partial charge >= 0.3 is 0 Å². The molecule has 0 spiro atoms. The highest BCUT2D eigenvalue weighted by Gasteiger charge is 2.21. The van der Waals surface area contributed by atoms with Crippen LogP contribution in [0.5, 0.6) is 0 Å². The highest BCUT2D eigenvalue weighted by Crippen LogP contribution is 2.30. The maximum atomic E-state index is 9.69. The first kappa shape index (κ1) is 13.8. The summed E-state index contributed by atoms with van der Waals surface area (Å²) in [7, 11) is 0. The van der Waals surface area contributed by atoms with Gasteiger partial charge in [0.15, 0.2) is 0 Å². The van der Waals surface area contributed by atoms with Crippen molar-refractivity contribution in [2.45, 2.75) is 69.2 Å². The van der Waals surface area contributed by atoms with Gasteiger partial charge in [-0.2, -0.15) is 0 Å². The average molecular weight is 270 g/mol. The molecule has 0 aliphatic heterocycles. The van der Waals surface area contributed by atoms with Gasteiger partial charge in [-0.05, 0) is 43.5 Å². The standard InChI is InChI=1S/C12H22N4OS/c1-12(2,17)8-9-18-11-13-14-15-16(11)10-6-4-3-5-7-10/h10,17H,3-9H2,1-2H3. The molecule has 5 nitrogen and oxygen atoms in total. The lowest BCUT2D eigenvalue weighted by molar-refractivity contribution is 0.0777. The van der Waals surface area contributed by atoms with E-state index in [1.165, 1.54) is 32.1 Å². The molecular weight excluding hydrogens is 248 g/mol. The van der Waals surface area contributed by atoms with Crippen LogP contribution in [0.1, 0.15) is 58.4 Å². The van der Waals surface area contributed by atoms with E-state index in [-0.39, 0.29) is 0 Å². The lowest BCUT2D eigenvalue weighted by atomic mass is 9.96. The maximum absolute atomic E-state index is 9.69. The Morgan fingerprint density at radius 1 is 1.33 bits per heavy atom. The topological polar surface area (TPSA) is 63.8 Å². The second-order valence-corrected chi connectivity index (χ2v) is 6.67. The van der Waals surface area contributed by atoms with Gasteiger partial charge in [0, 0.05) is 5.75 Å². The molecule has 0 saturated heterocycles. The summed E-state index contributed by atoms with van der Waals surface area (Å²) < 4.78 is 1.98. The number of nitrogens with zero attached hydrogens (tertiary/aromatic N) is 4. The lowest BCUT2D eigenvalue weighted by Crippen LogP contribution is -2.19. The van der Waals surface area contributed by atoms with Crippen LogP contribution in [0, 0.1) is 0 Å². The zero-order valence-electron chi connectivity index (χ0n) is 11.2. The Labute approximate surface area is 112 Å². The van der Waals surface area contributed by atoms with E-state index in [9.17, 15) is 5.11 Å². The minimum atomic E-state index is -0.615. The summed E-state index contributed by atoms with van der Waals surface area (Å²) in [5, 5.41) is 22.6. The Morgan fingerprint density at radius 2 is 2.06 bits per heavy atom. The van der Waals surface area contributed by atoms with E-state index in [0.717, 1.165) is 17.3 Å². The highest BCUT2D eigenvalue weighted by atomic mass is 32.2. The molecule has 1 saturated carbocycles. The van der Waals surface area contributed by atoms with Crippen LogP contribution in [0.4, 0.5) is 0 Å². The zero-order valence-corrected chi connectivity index (χ0v) is 12.0. The first-order valence-electron chi connectivity index (χ1n) is 6.69. The van der Waals surface area contributed by atoms with Crippen molar-refractivity contribution < 1.29 is 5.11 Å². The molecule has 0 radical (unpaired) electrons. The third-order valence-corrected chi connectivity index (χ3v) is 4.26. The van der Waals surface area contributed by atoms with Crippen molar-refractivity contribution in [3.05, 3.63) is 0 Å². The summed E-state index contributed by atoms with van der Waals surface area (Å²) >= 11 is 1.64. The summed E-state index contributed by atoms with van der Waals surface area (Å²) in [5.41, 5.74) is -0.615. The molecule has 1 aliphatic carbocycles. The molecule has 0 aromatic carbocycles. The third kappa shape index (κ3) is 3.95. The third-order valence-electron chi connectivity index (χ3n) is 3.33. The molecule has 1 fully saturated rings. The van der Waals surface area contributed by atoms with Crippen molar-refractivity contribution in [1.82, 2.24) is 20.2 Å². The molecule has 1 aliphatic rings. The van der Waals surface area contributed by atoms with Crippen LogP contribution in [0.15, 0.2) is 5.16 Å². The molecule has 18 heavy (non-hydrogen) atoms. The number of thioether (sulfide) groups is 1. The fraction of sp³-hybridized carbons (Fsp3) is 0.917. The van der Waals surface area contributed by atoms with Crippen LogP contribution >= 0.6 is 11.8 Å². The number of hydrogen-bond donors (Lipinski definition) is 1. The van der Waals surface area contributed by atoms with Gasteiger partial charge in [0.2, 0.25) is 5.16 Å². The summed E-state index contributed by atoms with van der Waals surface area (Å²) in [6.45, 7) is 3.66. The van der Waals surface area contributed by atoms with Crippen LogP contribution in [-0.4, -0.2) is 36.7 Å². The second-order valence-electron chi connectivity index (χ2n) is 5.61. The molecule has 0 unspecified atom stereocenters. The highest BCUT2D eigenvalue weighted by molar-refractivity contribution is 7.99. The van der Waals surface area contributed by atoms with E-state index in [1.807, 2.05) is 18.5 Å². The van der Waals surface area contributed by atoms with Crippen LogP contribution in [0.2, 0.25) is 0 Å². The minimum absolute atomic E-state index is 0.471. The van der Waals surface area contributed by atoms with Gasteiger partial charge in [0.25, 0.3) is 0 Å². The Bertz CT molecular complexity index is 368. The van der Waals surface area contributed by atoms with Crippen molar-refractivity contribution in [2.24, 2.45) is 0 Å². The predicted octanol–water partition coefficient (Wildman–Crippen LogP) is 2.43. The Balaban J connectivity index is 1.91. The van der Waals surface area contributed by atoms with E-state index in [2.05, 4.69) is 15.5 Å². The molecule has 1 aromatic rings. The largest absolute Gasteiger partial charge is 0.390 e. The van der Waals surface area contributed by atoms with Crippen molar-refractivity contribution in [2.75, 3.05) is 5.75 Å². The first-order chi connectivity index (χ1) is 8.56. The molecule has 6 heteroatoms. The zero-order chi connectivity index (χ0) is 13.0. The average Bonchev–Trinajstić information content (AvgIpc) is 2.77. The van der Waals surface area contributed by atoms with Gasteiger partial charge in [-0.15, -0.1) is 5.10 Å². The van der Waals surface area contributed by atoms with Crippen LogP contribution < -0.4 is 0 Å². The Morgan fingerprint density at radius 3 is 2.72 bits per heavy atom. The van der Waals surface area contributed by atoms with Crippen LogP contribution in [-0.2, 0) is 0 Å². The molecular formula is C12H22N4OS. The van der Waals surface area contributed by atoms with E-state index < -0.39 is 5.60 Å². The fourth-order valence-corrected chi connectivity index (χ4v) is 3.42. The monoisotopic (exact) mass is 270 g/mol. The van der Waals surface area contributed by atoms with Crippen molar-refractivity contribution >= 4 is 11.8 Å². The Hall–Kier alpha value is -0.620. The normalized spacial score (nSPS) is 18.2. The SMILES string of the molecule is CC(C)(O)CCSc1nnnn1C1CCCCC1. The summed E-state index contributed by atoms with van der Waals surface area (Å²) in [5.74, 6) is 0.844. The number of aliphatic hydroxyl groups is 1. The smallest absolute Gasteiger partial charge is 0.209 e. The van der Waals surface area contributed by atoms with E-state index in [1.54, 1.807) is 11.8 Å². The maximum Gasteiger partial charge on any atom is 0.209 e. The lowest BCUT2D eigenvalue weighted by Gasteiger charge is -2.22. The number of rotatable bonds is 5. The molecule has 102 valence electrons. The molecule has 0 bridgehead atoms. The second kappa shape index (κ2) is 6.02. The first-order valence-corrected chi connectivity index (χ1v) is 7.68. The van der Waals surface area contributed by atoms with E-state index in [4.69, 9.17) is 0 Å². The van der Waals surface area contributed by atoms with Gasteiger partial charge in [0.1, 0.15) is 0 Å². The molecule has 2 rings (SSSR count). The van der Waals surface area contributed by atoms with Crippen LogP contribution in [0.3, 0.4) is 0 Å². The van der Waals surface area contributed by atoms with Gasteiger partial charge < -0.3 is 5.11 Å². The fourth-order valence-electron chi connectivity index (χ4n) is 2.23. The van der Waals surface area contributed by atoms with Crippen molar-refractivity contribution in [3.63, 3.8) is 0 Å². The molecule has 1 aromatic heterocycles. The summed E-state index contributed by atoms with van der Waals surface area (Å²) in [6, 6.07) is 0.471. The minimum Gasteiger partial charge on any atom is -0.390 e. The number of aromatic nitrogens is 4. The summed E-state index contributed by atoms with van der Waals surface area (Å²) in [6.07, 6.45) is 7.00. The predicted molar refractivity (Wildman–Crippen MR) is 71.6 cm³/mol. The summed E-state index contributed by atoms with van der Waals surface area (Å²) in [4.78, 5) is 0. The van der Waals surface area contributed by atoms with E-state index in [0.29, 0.717) is 6.04 Å². The van der Waals surface area contributed by atoms with Gasteiger partial charge in [-0.25, -0.2) is 4.68 Å². The van der Waals surface area contributed by atoms with Crippen LogP contribution in [0.25, 0.3) is 0 Å². The van der Waals surface area contributed by atoms with Gasteiger partial charge in [-0.1, -0.05) is 31.0 Å². The van der Waals surface area contributed by atoms with E-state index >= 15 is 0 Å². The van der Waals surface area contributed by atoms with Gasteiger partial charge in [-0.3, -0.25) is 0 Å². The number of hydrogen-bond acceptors (Lipinski definition) is 5. The Kier molecular flexibility index (Phi) is 4.61.